The highest BCUT2D eigenvalue weighted by Crippen LogP contribution is 2.35. The van der Waals surface area contributed by atoms with Gasteiger partial charge in [0.25, 0.3) is 0 Å². The molecule has 0 saturated carbocycles. The first-order valence-corrected chi connectivity index (χ1v) is 9.50. The van der Waals surface area contributed by atoms with Crippen LogP contribution in [0.25, 0.3) is 11.1 Å². The lowest BCUT2D eigenvalue weighted by Gasteiger charge is -2.18. The lowest BCUT2D eigenvalue weighted by molar-refractivity contribution is -0.156. The third-order valence-corrected chi connectivity index (χ3v) is 5.07. The van der Waals surface area contributed by atoms with Gasteiger partial charge in [0.05, 0.1) is 20.1 Å². The van der Waals surface area contributed by atoms with Crippen LogP contribution in [0, 0.1) is 5.92 Å². The van der Waals surface area contributed by atoms with E-state index < -0.39 is 23.9 Å². The smallest absolute Gasteiger partial charge is 0.468 e. The van der Waals surface area contributed by atoms with Gasteiger partial charge >= 0.3 is 12.1 Å². The Bertz CT molecular complexity index is 1190. The zero-order valence-corrected chi connectivity index (χ0v) is 17.0. The molecule has 11 heteroatoms. The van der Waals surface area contributed by atoms with E-state index in [1.165, 1.54) is 37.3 Å². The molecule has 8 nitrogen and oxygen atoms in total. The Kier molecular flexibility index (Phi) is 5.41. The fourth-order valence-corrected chi connectivity index (χ4v) is 3.50. The molecule has 1 fully saturated rings. The highest BCUT2D eigenvalue weighted by molar-refractivity contribution is 6.04. The maximum Gasteiger partial charge on any atom is 0.468 e. The summed E-state index contributed by atoms with van der Waals surface area (Å²) in [6.07, 6.45) is -4.72. The summed E-state index contributed by atoms with van der Waals surface area (Å²) in [5.74, 6) is -1.71. The maximum absolute atomic E-state index is 12.8. The minimum atomic E-state index is -4.71. The number of rotatable bonds is 5. The van der Waals surface area contributed by atoms with Crippen molar-refractivity contribution in [2.75, 3.05) is 31.0 Å². The third kappa shape index (κ3) is 4.05. The number of oxazole rings is 1. The van der Waals surface area contributed by atoms with Gasteiger partial charge in [0, 0.05) is 30.4 Å². The number of benzene rings is 2. The summed E-state index contributed by atoms with van der Waals surface area (Å²) in [4.78, 5) is 30.1. The number of nitrogens with zero attached hydrogens (tertiary/aromatic N) is 2. The van der Waals surface area contributed by atoms with E-state index in [2.05, 4.69) is 14.7 Å². The first kappa shape index (κ1) is 21.5. The topological polar surface area (TPSA) is 93.9 Å². The van der Waals surface area contributed by atoms with Gasteiger partial charge in [-0.15, -0.1) is 0 Å². The zero-order valence-electron chi connectivity index (χ0n) is 17.0. The van der Waals surface area contributed by atoms with Crippen LogP contribution in [0.3, 0.4) is 0 Å². The van der Waals surface area contributed by atoms with Crippen LogP contribution in [0.4, 0.5) is 24.5 Å². The number of methoxy groups -OCH3 is 2. The number of carbonyl (C=O) groups excluding carboxylic acids is 2. The number of carbonyl (C=O) groups is 2. The number of amides is 2. The molecule has 32 heavy (non-hydrogen) atoms. The maximum atomic E-state index is 12.8. The molecule has 1 N–H and O–H groups in total. The molecule has 2 amide bonds. The largest absolute Gasteiger partial charge is 0.493 e. The summed E-state index contributed by atoms with van der Waals surface area (Å²) in [5.41, 5.74) is 0.726. The molecular formula is C21H18F3N3O5. The van der Waals surface area contributed by atoms with Gasteiger partial charge in [0.1, 0.15) is 5.52 Å². The minimum absolute atomic E-state index is 0.00932. The number of hydrogen-bond acceptors (Lipinski definition) is 6. The second-order valence-electron chi connectivity index (χ2n) is 7.13. The standard InChI is InChI=1S/C21H18F3N3O5/c1-30-16-6-4-13(9-17(16)31-2)27-10-11(7-18(27)28)19(29)25-12-3-5-15-14(8-12)26-20(32-15)21(22,23)24/h3-6,8-9,11H,7,10H2,1-2H3,(H,25,29). The third-order valence-electron chi connectivity index (χ3n) is 5.07. The molecule has 1 atom stereocenters. The highest BCUT2D eigenvalue weighted by Gasteiger charge is 2.38. The quantitative estimate of drug-likeness (QED) is 0.636. The Hall–Kier alpha value is -3.76. The number of anilines is 2. The summed E-state index contributed by atoms with van der Waals surface area (Å²) < 4.78 is 53.4. The second-order valence-corrected chi connectivity index (χ2v) is 7.13. The van der Waals surface area contributed by atoms with Crippen LogP contribution in [0.15, 0.2) is 40.8 Å². The molecule has 1 aliphatic rings. The monoisotopic (exact) mass is 449 g/mol. The molecule has 1 unspecified atom stereocenters. The molecule has 0 spiro atoms. The van der Waals surface area contributed by atoms with Gasteiger partial charge in [0.2, 0.25) is 11.8 Å². The van der Waals surface area contributed by atoms with Crippen LogP contribution in [-0.4, -0.2) is 37.6 Å². The molecule has 1 aliphatic heterocycles. The van der Waals surface area contributed by atoms with Crippen molar-refractivity contribution < 1.29 is 36.7 Å². The zero-order chi connectivity index (χ0) is 23.0. The molecule has 1 saturated heterocycles. The number of halogens is 3. The molecule has 2 heterocycles. The summed E-state index contributed by atoms with van der Waals surface area (Å²) >= 11 is 0. The Balaban J connectivity index is 1.48. The van der Waals surface area contributed by atoms with E-state index in [4.69, 9.17) is 9.47 Å². The average molecular weight is 449 g/mol. The first-order valence-electron chi connectivity index (χ1n) is 9.50. The SMILES string of the molecule is COc1ccc(N2CC(C(=O)Nc3ccc4oc(C(F)(F)F)nc4c3)CC2=O)cc1OC. The van der Waals surface area contributed by atoms with Crippen LogP contribution < -0.4 is 19.7 Å². The predicted molar refractivity (Wildman–Crippen MR) is 108 cm³/mol. The fraction of sp³-hybridized carbons (Fsp3) is 0.286. The fourth-order valence-electron chi connectivity index (χ4n) is 3.50. The van der Waals surface area contributed by atoms with Crippen LogP contribution >= 0.6 is 0 Å². The molecule has 1 aromatic heterocycles. The lowest BCUT2D eigenvalue weighted by Crippen LogP contribution is -2.28. The van der Waals surface area contributed by atoms with Gasteiger partial charge < -0.3 is 24.1 Å². The number of nitrogens with one attached hydrogen (secondary N) is 1. The Morgan fingerprint density at radius 1 is 1.16 bits per heavy atom. The van der Waals surface area contributed by atoms with Crippen molar-refractivity contribution >= 4 is 34.3 Å². The minimum Gasteiger partial charge on any atom is -0.493 e. The number of fused-ring (bicyclic) bond motifs is 1. The summed E-state index contributed by atoms with van der Waals surface area (Å²) in [7, 11) is 2.98. The average Bonchev–Trinajstić information content (AvgIpc) is 3.36. The Morgan fingerprint density at radius 2 is 1.91 bits per heavy atom. The van der Waals surface area contributed by atoms with Gasteiger partial charge in [-0.1, -0.05) is 0 Å². The second kappa shape index (κ2) is 8.06. The molecule has 2 aromatic carbocycles. The molecule has 0 aliphatic carbocycles. The van der Waals surface area contributed by atoms with Crippen molar-refractivity contribution in [1.82, 2.24) is 4.98 Å². The number of aromatic nitrogens is 1. The predicted octanol–water partition coefficient (Wildman–Crippen LogP) is 3.86. The number of alkyl halides is 3. The lowest BCUT2D eigenvalue weighted by atomic mass is 10.1. The van der Waals surface area contributed by atoms with Crippen molar-refractivity contribution in [3.05, 3.63) is 42.3 Å². The van der Waals surface area contributed by atoms with E-state index >= 15 is 0 Å². The molecule has 0 bridgehead atoms. The van der Waals surface area contributed by atoms with Gasteiger partial charge in [-0.2, -0.15) is 13.2 Å². The van der Waals surface area contributed by atoms with Crippen molar-refractivity contribution in [1.29, 1.82) is 0 Å². The molecule has 168 valence electrons. The summed E-state index contributed by atoms with van der Waals surface area (Å²) in [6, 6.07) is 8.99. The van der Waals surface area contributed by atoms with Gasteiger partial charge in [-0.05, 0) is 30.3 Å². The van der Waals surface area contributed by atoms with Crippen LogP contribution in [0.2, 0.25) is 0 Å². The van der Waals surface area contributed by atoms with E-state index in [-0.39, 0.29) is 35.7 Å². The van der Waals surface area contributed by atoms with Crippen molar-refractivity contribution in [3.63, 3.8) is 0 Å². The van der Waals surface area contributed by atoms with E-state index in [1.807, 2.05) is 0 Å². The normalized spacial score (nSPS) is 16.5. The Labute approximate surface area is 179 Å². The van der Waals surface area contributed by atoms with Crippen molar-refractivity contribution in [2.24, 2.45) is 5.92 Å². The van der Waals surface area contributed by atoms with Crippen molar-refractivity contribution in [2.45, 2.75) is 12.6 Å². The van der Waals surface area contributed by atoms with Crippen LogP contribution in [0.5, 0.6) is 11.5 Å². The first-order chi connectivity index (χ1) is 15.2. The van der Waals surface area contributed by atoms with Crippen LogP contribution in [-0.2, 0) is 15.8 Å². The van der Waals surface area contributed by atoms with E-state index in [0.717, 1.165) is 0 Å². The van der Waals surface area contributed by atoms with E-state index in [9.17, 15) is 22.8 Å². The van der Waals surface area contributed by atoms with Crippen molar-refractivity contribution in [3.8, 4) is 11.5 Å². The van der Waals surface area contributed by atoms with Gasteiger partial charge in [-0.3, -0.25) is 9.59 Å². The van der Waals surface area contributed by atoms with Gasteiger partial charge in [0.15, 0.2) is 17.1 Å². The molecule has 4 rings (SSSR count). The number of hydrogen-bond donors (Lipinski definition) is 1. The Morgan fingerprint density at radius 3 is 2.59 bits per heavy atom. The molecule has 3 aromatic rings. The van der Waals surface area contributed by atoms with E-state index in [1.54, 1.807) is 18.2 Å². The van der Waals surface area contributed by atoms with Crippen LogP contribution in [0.1, 0.15) is 12.3 Å². The van der Waals surface area contributed by atoms with E-state index in [0.29, 0.717) is 17.2 Å². The molecule has 0 radical (unpaired) electrons. The summed E-state index contributed by atoms with van der Waals surface area (Å²) in [6.45, 7) is 0.143. The molecular weight excluding hydrogens is 431 g/mol. The highest BCUT2D eigenvalue weighted by atomic mass is 19.4. The summed E-state index contributed by atoms with van der Waals surface area (Å²) in [5, 5.41) is 2.63. The van der Waals surface area contributed by atoms with Gasteiger partial charge in [-0.25, -0.2) is 4.98 Å². The number of ether oxygens (including phenoxy) is 2.